The molecule has 0 fully saturated rings. The number of carboxylic acid groups (broad SMARTS) is 1. The van der Waals surface area contributed by atoms with Gasteiger partial charge in [0.2, 0.25) is 0 Å². The van der Waals surface area contributed by atoms with E-state index in [0.717, 1.165) is 29.0 Å². The second-order valence-corrected chi connectivity index (χ2v) is 12.1. The zero-order valence-electron chi connectivity index (χ0n) is 21.4. The highest BCUT2D eigenvalue weighted by atomic mass is 32.2. The highest BCUT2D eigenvalue weighted by Gasteiger charge is 2.45. The molecule has 8 nitrogen and oxygen atoms in total. The van der Waals surface area contributed by atoms with E-state index in [2.05, 4.69) is 0 Å². The predicted molar refractivity (Wildman–Crippen MR) is 146 cm³/mol. The number of carboxylic acids is 1. The number of benzene rings is 3. The SMILES string of the molecule is Nc1c(Cc2cccc3ccccc23)c(-c2cccc(C(F)(F)F)c2)c2n(c1=O)C(C(=O)O)CC(CCO)S2(=O)=O. The topological polar surface area (TPSA) is 140 Å². The molecule has 1 aliphatic heterocycles. The number of sulfone groups is 1. The van der Waals surface area contributed by atoms with Crippen molar-refractivity contribution in [2.45, 2.75) is 41.8 Å². The highest BCUT2D eigenvalue weighted by Crippen LogP contribution is 2.43. The number of anilines is 1. The number of hydrogen-bond acceptors (Lipinski definition) is 6. The first-order valence-electron chi connectivity index (χ1n) is 12.6. The molecule has 1 aromatic heterocycles. The second-order valence-electron chi connectivity index (χ2n) is 9.91. The lowest BCUT2D eigenvalue weighted by Crippen LogP contribution is -2.45. The van der Waals surface area contributed by atoms with Gasteiger partial charge in [0, 0.05) is 18.6 Å². The molecule has 2 atom stereocenters. The highest BCUT2D eigenvalue weighted by molar-refractivity contribution is 7.92. The molecule has 214 valence electrons. The number of aliphatic carboxylic acids is 1. The fourth-order valence-electron chi connectivity index (χ4n) is 5.53. The van der Waals surface area contributed by atoms with Crippen molar-refractivity contribution < 1.29 is 36.6 Å². The van der Waals surface area contributed by atoms with Gasteiger partial charge in [-0.1, -0.05) is 54.6 Å². The number of halogens is 3. The van der Waals surface area contributed by atoms with Gasteiger partial charge in [-0.3, -0.25) is 9.36 Å². The third-order valence-electron chi connectivity index (χ3n) is 7.48. The minimum absolute atomic E-state index is 0.0331. The number of fused-ring (bicyclic) bond motifs is 2. The largest absolute Gasteiger partial charge is 0.480 e. The van der Waals surface area contributed by atoms with Crippen LogP contribution in [0.15, 0.2) is 76.6 Å². The Morgan fingerprint density at radius 2 is 1.73 bits per heavy atom. The Morgan fingerprint density at radius 3 is 2.41 bits per heavy atom. The summed E-state index contributed by atoms with van der Waals surface area (Å²) in [6.45, 7) is -0.586. The van der Waals surface area contributed by atoms with Gasteiger partial charge >= 0.3 is 12.1 Å². The maximum atomic E-state index is 14.0. The summed E-state index contributed by atoms with van der Waals surface area (Å²) < 4.78 is 69.9. The van der Waals surface area contributed by atoms with E-state index in [-0.39, 0.29) is 29.5 Å². The van der Waals surface area contributed by atoms with Gasteiger partial charge in [-0.25, -0.2) is 13.2 Å². The molecule has 2 unspecified atom stereocenters. The number of carbonyl (C=O) groups is 1. The van der Waals surface area contributed by atoms with Crippen LogP contribution in [0.4, 0.5) is 18.9 Å². The molecular formula is C29H25F3N2O6S. The number of rotatable bonds is 6. The summed E-state index contributed by atoms with van der Waals surface area (Å²) >= 11 is 0. The summed E-state index contributed by atoms with van der Waals surface area (Å²) in [5, 5.41) is 19.0. The molecule has 0 bridgehead atoms. The molecule has 0 saturated heterocycles. The van der Waals surface area contributed by atoms with Crippen LogP contribution < -0.4 is 11.3 Å². The van der Waals surface area contributed by atoms with Crippen LogP contribution in [0.5, 0.6) is 0 Å². The third-order valence-corrected chi connectivity index (χ3v) is 9.72. The Kier molecular flexibility index (Phi) is 7.16. The van der Waals surface area contributed by atoms with Crippen LogP contribution >= 0.6 is 0 Å². The van der Waals surface area contributed by atoms with Gasteiger partial charge in [0.05, 0.1) is 10.8 Å². The normalized spacial score (nSPS) is 18.2. The van der Waals surface area contributed by atoms with E-state index >= 15 is 0 Å². The fraction of sp³-hybridized carbons (Fsp3) is 0.241. The van der Waals surface area contributed by atoms with Crippen LogP contribution in [0.3, 0.4) is 0 Å². The number of nitrogens with two attached hydrogens (primary N) is 1. The molecular weight excluding hydrogens is 561 g/mol. The van der Waals surface area contributed by atoms with Crippen LogP contribution in [0.2, 0.25) is 0 Å². The van der Waals surface area contributed by atoms with Crippen molar-refractivity contribution in [3.8, 4) is 11.1 Å². The van der Waals surface area contributed by atoms with Crippen LogP contribution in [0.25, 0.3) is 21.9 Å². The lowest BCUT2D eigenvalue weighted by molar-refractivity contribution is -0.141. The van der Waals surface area contributed by atoms with E-state index in [1.165, 1.54) is 6.07 Å². The third kappa shape index (κ3) is 4.87. The van der Waals surface area contributed by atoms with Gasteiger partial charge in [0.1, 0.15) is 16.8 Å². The zero-order chi connectivity index (χ0) is 29.7. The molecule has 0 aliphatic carbocycles. The standard InChI is InChI=1S/C29H25F3N2O6S/c30-29(31,32)19-9-4-8-18(13-19)24-22(14-17-7-3-6-16-5-1-2-10-21(16)17)25(33)26(36)34-23(28(37)38)15-20(11-12-35)41(39,40)27(24)34/h1-10,13,20,23,35H,11-12,14-15,33H2,(H,37,38). The maximum absolute atomic E-state index is 14.0. The average Bonchev–Trinajstić information content (AvgIpc) is 2.92. The number of aliphatic hydroxyl groups excluding tert-OH is 1. The number of aliphatic hydroxyl groups is 1. The minimum Gasteiger partial charge on any atom is -0.480 e. The van der Waals surface area contributed by atoms with Crippen LogP contribution in [-0.2, 0) is 27.2 Å². The lowest BCUT2D eigenvalue weighted by atomic mass is 9.91. The van der Waals surface area contributed by atoms with E-state index in [1.54, 1.807) is 18.2 Å². The van der Waals surface area contributed by atoms with E-state index in [4.69, 9.17) is 5.73 Å². The summed E-state index contributed by atoms with van der Waals surface area (Å²) in [5.41, 5.74) is 3.86. The van der Waals surface area contributed by atoms with Gasteiger partial charge in [-0.05, 0) is 52.4 Å². The smallest absolute Gasteiger partial charge is 0.416 e. The molecule has 12 heteroatoms. The quantitative estimate of drug-likeness (QED) is 0.304. The summed E-state index contributed by atoms with van der Waals surface area (Å²) in [4.78, 5) is 25.9. The molecule has 0 spiro atoms. The van der Waals surface area contributed by atoms with Crippen molar-refractivity contribution in [3.63, 3.8) is 0 Å². The molecule has 0 radical (unpaired) electrons. The average molecular weight is 587 g/mol. The Labute approximate surface area is 232 Å². The fourth-order valence-corrected chi connectivity index (χ4v) is 7.71. The van der Waals surface area contributed by atoms with E-state index in [9.17, 15) is 41.4 Å². The van der Waals surface area contributed by atoms with Crippen LogP contribution in [0, 0.1) is 0 Å². The van der Waals surface area contributed by atoms with Crippen molar-refractivity contribution in [1.29, 1.82) is 0 Å². The Bertz CT molecular complexity index is 1840. The van der Waals surface area contributed by atoms with Crippen molar-refractivity contribution in [3.05, 3.63) is 93.8 Å². The van der Waals surface area contributed by atoms with E-state index in [0.29, 0.717) is 10.1 Å². The monoisotopic (exact) mass is 586 g/mol. The van der Waals surface area contributed by atoms with Crippen LogP contribution in [0.1, 0.15) is 35.6 Å². The zero-order valence-corrected chi connectivity index (χ0v) is 22.2. The number of nitrogens with zero attached hydrogens (tertiary/aromatic N) is 1. The summed E-state index contributed by atoms with van der Waals surface area (Å²) in [6, 6.07) is 14.9. The predicted octanol–water partition coefficient (Wildman–Crippen LogP) is 4.41. The molecule has 4 aromatic rings. The van der Waals surface area contributed by atoms with E-state index < -0.39 is 68.1 Å². The number of alkyl halides is 3. The first-order chi connectivity index (χ1) is 19.4. The molecule has 0 amide bonds. The lowest BCUT2D eigenvalue weighted by Gasteiger charge is -2.33. The first kappa shape index (κ1) is 28.4. The molecule has 41 heavy (non-hydrogen) atoms. The molecule has 3 aromatic carbocycles. The van der Waals surface area contributed by atoms with Crippen LogP contribution in [-0.4, -0.2) is 41.0 Å². The summed E-state index contributed by atoms with van der Waals surface area (Å²) in [7, 11) is -4.53. The van der Waals surface area contributed by atoms with Gasteiger partial charge in [0.15, 0.2) is 9.84 Å². The number of pyridine rings is 1. The molecule has 4 N–H and O–H groups in total. The summed E-state index contributed by atoms with van der Waals surface area (Å²) in [6.07, 6.45) is -5.74. The van der Waals surface area contributed by atoms with Gasteiger partial charge in [0.25, 0.3) is 5.56 Å². The number of hydrogen-bond donors (Lipinski definition) is 3. The Balaban J connectivity index is 1.92. The maximum Gasteiger partial charge on any atom is 0.416 e. The van der Waals surface area contributed by atoms with Crippen molar-refractivity contribution >= 4 is 32.3 Å². The second kappa shape index (κ2) is 10.3. The molecule has 5 rings (SSSR count). The Hall–Kier alpha value is -4.16. The van der Waals surface area contributed by atoms with E-state index in [1.807, 2.05) is 24.3 Å². The first-order valence-corrected chi connectivity index (χ1v) is 14.2. The molecule has 1 aliphatic rings. The van der Waals surface area contributed by atoms with Crippen molar-refractivity contribution in [1.82, 2.24) is 4.57 Å². The molecule has 2 heterocycles. The van der Waals surface area contributed by atoms with Gasteiger partial charge < -0.3 is 15.9 Å². The number of aromatic nitrogens is 1. The minimum atomic E-state index is -4.77. The van der Waals surface area contributed by atoms with Crippen molar-refractivity contribution in [2.24, 2.45) is 0 Å². The summed E-state index contributed by atoms with van der Waals surface area (Å²) in [5.74, 6) is -1.51. The molecule has 0 saturated carbocycles. The Morgan fingerprint density at radius 1 is 1.05 bits per heavy atom. The van der Waals surface area contributed by atoms with Gasteiger partial charge in [-0.2, -0.15) is 13.2 Å². The number of nitrogen functional groups attached to an aromatic ring is 1. The van der Waals surface area contributed by atoms with Gasteiger partial charge in [-0.15, -0.1) is 0 Å². The van der Waals surface area contributed by atoms with Crippen molar-refractivity contribution in [2.75, 3.05) is 12.3 Å².